The van der Waals surface area contributed by atoms with E-state index >= 15 is 0 Å². The zero-order valence-corrected chi connectivity index (χ0v) is 12.2. The largest absolute Gasteiger partial charge is 0.481 e. The van der Waals surface area contributed by atoms with Crippen molar-refractivity contribution in [3.05, 3.63) is 29.8 Å². The number of likely N-dealkylation sites (tertiary alicyclic amines) is 1. The quantitative estimate of drug-likeness (QED) is 0.894. The van der Waals surface area contributed by atoms with E-state index in [1.165, 1.54) is 6.42 Å². The molecule has 20 heavy (non-hydrogen) atoms. The summed E-state index contributed by atoms with van der Waals surface area (Å²) in [6.07, 6.45) is 3.75. The molecule has 0 aliphatic carbocycles. The summed E-state index contributed by atoms with van der Waals surface area (Å²) < 4.78 is 5.87. The first kappa shape index (κ1) is 14.9. The Bertz CT molecular complexity index is 442. The molecular weight excluding hydrogens is 252 g/mol. The Morgan fingerprint density at radius 2 is 2.00 bits per heavy atom. The second-order valence-electron chi connectivity index (χ2n) is 5.29. The first-order chi connectivity index (χ1) is 9.72. The fourth-order valence-corrected chi connectivity index (χ4v) is 2.59. The molecule has 1 heterocycles. The second kappa shape index (κ2) is 7.29. The van der Waals surface area contributed by atoms with Crippen molar-refractivity contribution in [2.75, 3.05) is 19.6 Å². The molecule has 1 atom stereocenters. The number of nitrogens with two attached hydrogens (primary N) is 1. The predicted octanol–water partition coefficient (Wildman–Crippen LogP) is 1.97. The maximum Gasteiger partial charge on any atom is 0.263 e. The van der Waals surface area contributed by atoms with Crippen molar-refractivity contribution in [2.45, 2.75) is 38.7 Å². The van der Waals surface area contributed by atoms with Crippen LogP contribution in [0.5, 0.6) is 5.75 Å². The van der Waals surface area contributed by atoms with E-state index in [4.69, 9.17) is 10.5 Å². The average Bonchev–Trinajstić information content (AvgIpc) is 2.49. The lowest BCUT2D eigenvalue weighted by Gasteiger charge is -2.29. The van der Waals surface area contributed by atoms with Gasteiger partial charge < -0.3 is 15.4 Å². The molecule has 0 saturated carbocycles. The molecule has 1 unspecified atom stereocenters. The predicted molar refractivity (Wildman–Crippen MR) is 79.7 cm³/mol. The molecule has 1 aliphatic rings. The molecular formula is C16H24N2O2. The van der Waals surface area contributed by atoms with E-state index in [2.05, 4.69) is 0 Å². The third kappa shape index (κ3) is 3.73. The van der Waals surface area contributed by atoms with Crippen LogP contribution in [0.3, 0.4) is 0 Å². The SMILES string of the molecule is CC(Oc1ccccc1CCN)C(=O)N1CCCCC1. The molecule has 4 nitrogen and oxygen atoms in total. The number of benzene rings is 1. The van der Waals surface area contributed by atoms with Gasteiger partial charge in [0.05, 0.1) is 0 Å². The van der Waals surface area contributed by atoms with Crippen LogP contribution in [0.4, 0.5) is 0 Å². The van der Waals surface area contributed by atoms with Crippen LogP contribution < -0.4 is 10.5 Å². The standard InChI is InChI=1S/C16H24N2O2/c1-13(16(19)18-11-5-2-6-12-18)20-15-8-4-3-7-14(15)9-10-17/h3-4,7-8,13H,2,5-6,9-12,17H2,1H3. The highest BCUT2D eigenvalue weighted by molar-refractivity contribution is 5.81. The van der Waals surface area contributed by atoms with Crippen molar-refractivity contribution in [3.63, 3.8) is 0 Å². The van der Waals surface area contributed by atoms with E-state index in [-0.39, 0.29) is 5.91 Å². The van der Waals surface area contributed by atoms with Crippen molar-refractivity contribution < 1.29 is 9.53 Å². The minimum absolute atomic E-state index is 0.0900. The van der Waals surface area contributed by atoms with Crippen LogP contribution in [0.25, 0.3) is 0 Å². The molecule has 1 fully saturated rings. The molecule has 0 spiro atoms. The molecule has 1 amide bonds. The van der Waals surface area contributed by atoms with Crippen molar-refractivity contribution in [3.8, 4) is 5.75 Å². The Morgan fingerprint density at radius 1 is 1.30 bits per heavy atom. The molecule has 1 saturated heterocycles. The van der Waals surface area contributed by atoms with Gasteiger partial charge in [-0.1, -0.05) is 18.2 Å². The van der Waals surface area contributed by atoms with E-state index in [0.29, 0.717) is 6.54 Å². The lowest BCUT2D eigenvalue weighted by atomic mass is 10.1. The summed E-state index contributed by atoms with van der Waals surface area (Å²) in [7, 11) is 0. The number of piperidine rings is 1. The molecule has 0 radical (unpaired) electrons. The minimum atomic E-state index is -0.438. The molecule has 0 aromatic heterocycles. The summed E-state index contributed by atoms with van der Waals surface area (Å²) in [6.45, 7) is 4.12. The van der Waals surface area contributed by atoms with Crippen LogP contribution in [0, 0.1) is 0 Å². The van der Waals surface area contributed by atoms with Gasteiger partial charge in [0, 0.05) is 13.1 Å². The fourth-order valence-electron chi connectivity index (χ4n) is 2.59. The molecule has 2 N–H and O–H groups in total. The molecule has 1 aromatic carbocycles. The van der Waals surface area contributed by atoms with Crippen LogP contribution in [-0.4, -0.2) is 36.5 Å². The molecule has 1 aliphatic heterocycles. The Labute approximate surface area is 120 Å². The van der Waals surface area contributed by atoms with E-state index < -0.39 is 6.10 Å². The number of hydrogen-bond acceptors (Lipinski definition) is 3. The summed E-state index contributed by atoms with van der Waals surface area (Å²) in [4.78, 5) is 14.3. The maximum absolute atomic E-state index is 12.3. The zero-order chi connectivity index (χ0) is 14.4. The Balaban J connectivity index is 1.99. The van der Waals surface area contributed by atoms with E-state index in [9.17, 15) is 4.79 Å². The number of carbonyl (C=O) groups excluding carboxylic acids is 1. The Morgan fingerprint density at radius 3 is 2.70 bits per heavy atom. The van der Waals surface area contributed by atoms with Crippen LogP contribution in [-0.2, 0) is 11.2 Å². The van der Waals surface area contributed by atoms with Crippen molar-refractivity contribution in [1.82, 2.24) is 4.90 Å². The van der Waals surface area contributed by atoms with Gasteiger partial charge in [-0.05, 0) is 50.8 Å². The van der Waals surface area contributed by atoms with Gasteiger partial charge in [0.1, 0.15) is 5.75 Å². The topological polar surface area (TPSA) is 55.6 Å². The average molecular weight is 276 g/mol. The first-order valence-corrected chi connectivity index (χ1v) is 7.46. The summed E-state index contributed by atoms with van der Waals surface area (Å²) in [5.74, 6) is 0.864. The lowest BCUT2D eigenvalue weighted by molar-refractivity contribution is -0.138. The van der Waals surface area contributed by atoms with E-state index in [1.807, 2.05) is 36.1 Å². The van der Waals surface area contributed by atoms with Gasteiger partial charge >= 0.3 is 0 Å². The lowest BCUT2D eigenvalue weighted by Crippen LogP contribution is -2.43. The smallest absolute Gasteiger partial charge is 0.263 e. The number of nitrogens with zero attached hydrogens (tertiary/aromatic N) is 1. The van der Waals surface area contributed by atoms with Crippen LogP contribution >= 0.6 is 0 Å². The third-order valence-corrected chi connectivity index (χ3v) is 3.71. The van der Waals surface area contributed by atoms with Gasteiger partial charge in [-0.15, -0.1) is 0 Å². The van der Waals surface area contributed by atoms with E-state index in [0.717, 1.165) is 43.7 Å². The number of hydrogen-bond donors (Lipinski definition) is 1. The van der Waals surface area contributed by atoms with Crippen molar-refractivity contribution in [2.24, 2.45) is 5.73 Å². The monoisotopic (exact) mass is 276 g/mol. The normalized spacial score (nSPS) is 16.8. The van der Waals surface area contributed by atoms with Crippen LogP contribution in [0.15, 0.2) is 24.3 Å². The summed E-state index contributed by atoms with van der Waals surface area (Å²) in [5.41, 5.74) is 6.67. The zero-order valence-electron chi connectivity index (χ0n) is 12.2. The second-order valence-corrected chi connectivity index (χ2v) is 5.29. The number of carbonyl (C=O) groups is 1. The van der Waals surface area contributed by atoms with Crippen molar-refractivity contribution in [1.29, 1.82) is 0 Å². The van der Waals surface area contributed by atoms with E-state index in [1.54, 1.807) is 0 Å². The highest BCUT2D eigenvalue weighted by Crippen LogP contribution is 2.20. The highest BCUT2D eigenvalue weighted by atomic mass is 16.5. The van der Waals surface area contributed by atoms with Gasteiger partial charge in [0.2, 0.25) is 0 Å². The Hall–Kier alpha value is -1.55. The van der Waals surface area contributed by atoms with Gasteiger partial charge in [0.25, 0.3) is 5.91 Å². The number of ether oxygens (including phenoxy) is 1. The van der Waals surface area contributed by atoms with Gasteiger partial charge in [-0.2, -0.15) is 0 Å². The first-order valence-electron chi connectivity index (χ1n) is 7.46. The highest BCUT2D eigenvalue weighted by Gasteiger charge is 2.23. The summed E-state index contributed by atoms with van der Waals surface area (Å²) in [5, 5.41) is 0. The fraction of sp³-hybridized carbons (Fsp3) is 0.562. The van der Waals surface area contributed by atoms with Crippen molar-refractivity contribution >= 4 is 5.91 Å². The molecule has 110 valence electrons. The number of para-hydroxylation sites is 1. The van der Waals surface area contributed by atoms with Gasteiger partial charge in [-0.3, -0.25) is 4.79 Å². The maximum atomic E-state index is 12.3. The summed E-state index contributed by atoms with van der Waals surface area (Å²) >= 11 is 0. The molecule has 1 aromatic rings. The number of rotatable bonds is 5. The number of amides is 1. The molecule has 0 bridgehead atoms. The van der Waals surface area contributed by atoms with Gasteiger partial charge in [0.15, 0.2) is 6.10 Å². The molecule has 4 heteroatoms. The Kier molecular flexibility index (Phi) is 5.41. The minimum Gasteiger partial charge on any atom is -0.481 e. The molecule has 2 rings (SSSR count). The van der Waals surface area contributed by atoms with Crippen LogP contribution in [0.1, 0.15) is 31.7 Å². The van der Waals surface area contributed by atoms with Gasteiger partial charge in [-0.25, -0.2) is 0 Å². The van der Waals surface area contributed by atoms with Crippen LogP contribution in [0.2, 0.25) is 0 Å². The summed E-state index contributed by atoms with van der Waals surface area (Å²) in [6, 6.07) is 7.80. The third-order valence-electron chi connectivity index (χ3n) is 3.71.